The van der Waals surface area contributed by atoms with Crippen LogP contribution in [0, 0.1) is 17.2 Å². The average molecular weight is 205 g/mol. The van der Waals surface area contributed by atoms with Crippen LogP contribution in [-0.4, -0.2) is 5.91 Å². The number of carbonyl (C=O) groups excluding carboxylic acids is 1. The molecule has 0 aliphatic heterocycles. The van der Waals surface area contributed by atoms with Crippen molar-refractivity contribution in [3.8, 4) is 6.07 Å². The number of carbonyl (C=O) groups is 1. The van der Waals surface area contributed by atoms with Crippen LogP contribution in [-0.2, 0) is 4.79 Å². The van der Waals surface area contributed by atoms with Gasteiger partial charge in [0, 0.05) is 5.92 Å². The third-order valence-corrected chi connectivity index (χ3v) is 1.88. The van der Waals surface area contributed by atoms with E-state index in [1.807, 2.05) is 0 Å². The number of allylic oxidation sites excluding steroid dienone is 1. The normalized spacial score (nSPS) is 14.8. The Hall–Kier alpha value is -0.720. The highest BCUT2D eigenvalue weighted by Gasteiger charge is 2.30. The van der Waals surface area contributed by atoms with Crippen molar-refractivity contribution in [1.82, 2.24) is 5.32 Å². The molecule has 64 valence electrons. The van der Waals surface area contributed by atoms with Crippen molar-refractivity contribution in [2.75, 3.05) is 0 Å². The van der Waals surface area contributed by atoms with Gasteiger partial charge < -0.3 is 5.32 Å². The van der Waals surface area contributed by atoms with Crippen LogP contribution >= 0.6 is 23.2 Å². The highest BCUT2D eigenvalue weighted by molar-refractivity contribution is 6.56. The van der Waals surface area contributed by atoms with Gasteiger partial charge in [0.15, 0.2) is 5.70 Å². The van der Waals surface area contributed by atoms with Gasteiger partial charge in [-0.15, -0.1) is 0 Å². The predicted octanol–water partition coefficient (Wildman–Crippen LogP) is 1.68. The van der Waals surface area contributed by atoms with Crippen LogP contribution in [0.5, 0.6) is 0 Å². The highest BCUT2D eigenvalue weighted by Crippen LogP contribution is 2.29. The second kappa shape index (κ2) is 3.79. The Morgan fingerprint density at radius 2 is 2.08 bits per heavy atom. The van der Waals surface area contributed by atoms with E-state index >= 15 is 0 Å². The molecule has 0 bridgehead atoms. The Labute approximate surface area is 79.9 Å². The van der Waals surface area contributed by atoms with Crippen LogP contribution < -0.4 is 5.32 Å². The summed E-state index contributed by atoms with van der Waals surface area (Å²) in [6, 6.07) is 1.70. The van der Waals surface area contributed by atoms with Crippen LogP contribution in [0.15, 0.2) is 10.2 Å². The molecule has 0 aromatic rings. The molecule has 0 unspecified atom stereocenters. The lowest BCUT2D eigenvalue weighted by molar-refractivity contribution is -0.121. The van der Waals surface area contributed by atoms with E-state index in [0.29, 0.717) is 0 Å². The van der Waals surface area contributed by atoms with E-state index in [0.717, 1.165) is 12.8 Å². The zero-order chi connectivity index (χ0) is 9.14. The summed E-state index contributed by atoms with van der Waals surface area (Å²) in [4.78, 5) is 11.1. The highest BCUT2D eigenvalue weighted by atomic mass is 35.5. The van der Waals surface area contributed by atoms with E-state index < -0.39 is 0 Å². The Bertz CT molecular complexity index is 272. The minimum absolute atomic E-state index is 0.0426. The SMILES string of the molecule is N#CC(NC(=O)C1CC1)=C(Cl)Cl. The van der Waals surface area contributed by atoms with Crippen LogP contribution in [0.25, 0.3) is 0 Å². The fourth-order valence-electron chi connectivity index (χ4n) is 0.688. The number of rotatable bonds is 2. The molecule has 0 aromatic heterocycles. The summed E-state index contributed by atoms with van der Waals surface area (Å²) < 4.78 is -0.202. The molecule has 12 heavy (non-hydrogen) atoms. The molecule has 1 aliphatic rings. The van der Waals surface area contributed by atoms with Gasteiger partial charge in [0.2, 0.25) is 5.91 Å². The standard InChI is InChI=1S/C7H6Cl2N2O/c8-6(9)5(3-10)11-7(12)4-1-2-4/h4H,1-2H2,(H,11,12). The molecule has 1 aliphatic carbocycles. The third-order valence-electron chi connectivity index (χ3n) is 1.50. The van der Waals surface area contributed by atoms with Gasteiger partial charge in [-0.3, -0.25) is 4.79 Å². The first-order valence-corrected chi connectivity index (χ1v) is 4.17. The zero-order valence-corrected chi connectivity index (χ0v) is 7.61. The van der Waals surface area contributed by atoms with E-state index in [1.165, 1.54) is 0 Å². The monoisotopic (exact) mass is 204 g/mol. The van der Waals surface area contributed by atoms with Crippen molar-refractivity contribution in [2.45, 2.75) is 12.8 Å². The number of nitrogens with one attached hydrogen (secondary N) is 1. The van der Waals surface area contributed by atoms with Crippen molar-refractivity contribution in [3.05, 3.63) is 10.2 Å². The van der Waals surface area contributed by atoms with Gasteiger partial charge in [-0.2, -0.15) is 5.26 Å². The van der Waals surface area contributed by atoms with E-state index in [2.05, 4.69) is 5.32 Å². The molecule has 1 amide bonds. The maximum absolute atomic E-state index is 11.1. The number of amides is 1. The smallest absolute Gasteiger partial charge is 0.228 e. The summed E-state index contributed by atoms with van der Waals surface area (Å²) in [5.41, 5.74) is -0.0739. The summed E-state index contributed by atoms with van der Waals surface area (Å²) >= 11 is 10.6. The third kappa shape index (κ3) is 2.40. The lowest BCUT2D eigenvalue weighted by Gasteiger charge is -2.00. The summed E-state index contributed by atoms with van der Waals surface area (Å²) in [5, 5.41) is 10.8. The summed E-state index contributed by atoms with van der Waals surface area (Å²) in [6.07, 6.45) is 1.76. The van der Waals surface area contributed by atoms with Crippen LogP contribution in [0.1, 0.15) is 12.8 Å². The van der Waals surface area contributed by atoms with Gasteiger partial charge in [0.25, 0.3) is 0 Å². The van der Waals surface area contributed by atoms with Gasteiger partial charge in [-0.1, -0.05) is 23.2 Å². The fourth-order valence-corrected chi connectivity index (χ4v) is 0.867. The molecule has 0 aromatic carbocycles. The van der Waals surface area contributed by atoms with E-state index in [-0.39, 0.29) is 22.0 Å². The van der Waals surface area contributed by atoms with E-state index in [4.69, 9.17) is 28.5 Å². The maximum Gasteiger partial charge on any atom is 0.228 e. The van der Waals surface area contributed by atoms with Gasteiger partial charge in [0.1, 0.15) is 10.6 Å². The molecule has 5 heteroatoms. The second-order valence-corrected chi connectivity index (χ2v) is 3.46. The van der Waals surface area contributed by atoms with Gasteiger partial charge in [-0.05, 0) is 12.8 Å². The van der Waals surface area contributed by atoms with Crippen molar-refractivity contribution in [3.63, 3.8) is 0 Å². The van der Waals surface area contributed by atoms with Crippen molar-refractivity contribution in [2.24, 2.45) is 5.92 Å². The van der Waals surface area contributed by atoms with Crippen LogP contribution in [0.4, 0.5) is 0 Å². The molecular weight excluding hydrogens is 199 g/mol. The van der Waals surface area contributed by atoms with Gasteiger partial charge in [0.05, 0.1) is 0 Å². The van der Waals surface area contributed by atoms with Gasteiger partial charge >= 0.3 is 0 Å². The number of halogens is 2. The molecular formula is C7H6Cl2N2O. The molecule has 3 nitrogen and oxygen atoms in total. The zero-order valence-electron chi connectivity index (χ0n) is 6.10. The van der Waals surface area contributed by atoms with Crippen LogP contribution in [0.2, 0.25) is 0 Å². The number of nitrogens with zero attached hydrogens (tertiary/aromatic N) is 1. The molecule has 1 fully saturated rings. The molecule has 1 N–H and O–H groups in total. The lowest BCUT2D eigenvalue weighted by Crippen LogP contribution is -2.23. The first-order valence-electron chi connectivity index (χ1n) is 3.41. The number of nitriles is 1. The first-order chi connectivity index (χ1) is 5.65. The largest absolute Gasteiger partial charge is 0.315 e. The molecule has 1 rings (SSSR count). The average Bonchev–Trinajstić information content (AvgIpc) is 2.80. The summed E-state index contributed by atoms with van der Waals surface area (Å²) in [6.45, 7) is 0. The van der Waals surface area contributed by atoms with Gasteiger partial charge in [-0.25, -0.2) is 0 Å². The molecule has 0 heterocycles. The Morgan fingerprint density at radius 3 is 2.42 bits per heavy atom. The van der Waals surface area contributed by atoms with Crippen molar-refractivity contribution >= 4 is 29.1 Å². The Kier molecular flexibility index (Phi) is 2.96. The summed E-state index contributed by atoms with van der Waals surface area (Å²) in [5.74, 6) is -0.133. The lowest BCUT2D eigenvalue weighted by atomic mass is 10.4. The number of hydrogen-bond donors (Lipinski definition) is 1. The van der Waals surface area contributed by atoms with E-state index in [1.54, 1.807) is 6.07 Å². The summed E-state index contributed by atoms with van der Waals surface area (Å²) in [7, 11) is 0. The minimum Gasteiger partial charge on any atom is -0.315 e. The minimum atomic E-state index is -0.202. The maximum atomic E-state index is 11.1. The molecule has 1 saturated carbocycles. The molecule has 0 spiro atoms. The molecule has 0 atom stereocenters. The quantitative estimate of drug-likeness (QED) is 0.697. The van der Waals surface area contributed by atoms with Crippen LogP contribution in [0.3, 0.4) is 0 Å². The Morgan fingerprint density at radius 1 is 1.50 bits per heavy atom. The predicted molar refractivity (Wildman–Crippen MR) is 45.2 cm³/mol. The van der Waals surface area contributed by atoms with Crippen molar-refractivity contribution in [1.29, 1.82) is 5.26 Å². The van der Waals surface area contributed by atoms with Crippen molar-refractivity contribution < 1.29 is 4.79 Å². The van der Waals surface area contributed by atoms with E-state index in [9.17, 15) is 4.79 Å². The molecule has 0 radical (unpaired) electrons. The Balaban J connectivity index is 2.54. The number of hydrogen-bond acceptors (Lipinski definition) is 2. The topological polar surface area (TPSA) is 52.9 Å². The fraction of sp³-hybridized carbons (Fsp3) is 0.429. The first kappa shape index (κ1) is 9.37. The second-order valence-electron chi connectivity index (χ2n) is 2.51. The molecule has 0 saturated heterocycles.